The number of hydrogen-bond acceptors (Lipinski definition) is 7. The highest BCUT2D eigenvalue weighted by atomic mass is 19.4. The maximum absolute atomic E-state index is 13.6. The van der Waals surface area contributed by atoms with E-state index in [4.69, 9.17) is 14.9 Å². The number of nitro groups is 1. The van der Waals surface area contributed by atoms with Gasteiger partial charge in [0.05, 0.1) is 23.7 Å². The van der Waals surface area contributed by atoms with Crippen LogP contribution in [0.25, 0.3) is 0 Å². The molecular weight excluding hydrogens is 577 g/mol. The van der Waals surface area contributed by atoms with Crippen LogP contribution in [0.5, 0.6) is 11.5 Å². The first-order valence-electron chi connectivity index (χ1n) is 13.7. The molecule has 0 spiro atoms. The van der Waals surface area contributed by atoms with Crippen molar-refractivity contribution in [2.24, 2.45) is 5.92 Å². The Kier molecular flexibility index (Phi) is 8.15. The third-order valence-electron chi connectivity index (χ3n) is 7.81. The molecule has 9 nitrogen and oxygen atoms in total. The SMILES string of the molecule is COc1ccc(C2C3=C(CCCC3=O)N(c3cccc(C(F)(F)F)c3)C(=N)C2C#N)cc1COc1ccc(C)cc1[N+](=O)[O-]. The maximum Gasteiger partial charge on any atom is 0.416 e. The number of carbonyl (C=O) groups is 1. The number of nitrogens with one attached hydrogen (secondary N) is 1. The molecule has 0 fully saturated rings. The van der Waals surface area contributed by atoms with Crippen LogP contribution >= 0.6 is 0 Å². The van der Waals surface area contributed by atoms with Gasteiger partial charge in [-0.15, -0.1) is 0 Å². The summed E-state index contributed by atoms with van der Waals surface area (Å²) in [5.74, 6) is -2.12. The fourth-order valence-corrected chi connectivity index (χ4v) is 5.80. The lowest BCUT2D eigenvalue weighted by atomic mass is 9.71. The summed E-state index contributed by atoms with van der Waals surface area (Å²) in [5, 5.41) is 30.9. The van der Waals surface area contributed by atoms with Gasteiger partial charge in [-0.3, -0.25) is 20.3 Å². The zero-order chi connectivity index (χ0) is 31.8. The van der Waals surface area contributed by atoms with Crippen molar-refractivity contribution < 1.29 is 32.4 Å². The van der Waals surface area contributed by atoms with E-state index in [0.717, 1.165) is 12.1 Å². The number of hydrogen-bond donors (Lipinski definition) is 1. The van der Waals surface area contributed by atoms with Crippen molar-refractivity contribution in [3.63, 3.8) is 0 Å². The van der Waals surface area contributed by atoms with Gasteiger partial charge >= 0.3 is 11.9 Å². The van der Waals surface area contributed by atoms with E-state index in [9.17, 15) is 33.3 Å². The minimum absolute atomic E-state index is 0.0478. The lowest BCUT2D eigenvalue weighted by Crippen LogP contribution is -2.45. The second-order valence-corrected chi connectivity index (χ2v) is 10.6. The summed E-state index contributed by atoms with van der Waals surface area (Å²) in [6, 6.07) is 16.2. The van der Waals surface area contributed by atoms with Crippen LogP contribution in [0.2, 0.25) is 0 Å². The van der Waals surface area contributed by atoms with Gasteiger partial charge in [0, 0.05) is 40.9 Å². The molecule has 12 heteroatoms. The quantitative estimate of drug-likeness (QED) is 0.222. The molecule has 1 aliphatic heterocycles. The highest BCUT2D eigenvalue weighted by molar-refractivity contribution is 6.10. The van der Waals surface area contributed by atoms with Crippen molar-refractivity contribution in [1.29, 1.82) is 10.7 Å². The number of rotatable bonds is 7. The van der Waals surface area contributed by atoms with Gasteiger partial charge in [0.15, 0.2) is 11.5 Å². The molecule has 0 saturated heterocycles. The number of nitro benzene ring substituents is 1. The number of benzene rings is 3. The van der Waals surface area contributed by atoms with Gasteiger partial charge in [0.25, 0.3) is 0 Å². The molecule has 44 heavy (non-hydrogen) atoms. The van der Waals surface area contributed by atoms with E-state index < -0.39 is 28.5 Å². The number of ketones is 1. The topological polar surface area (TPSA) is 130 Å². The van der Waals surface area contributed by atoms with E-state index in [-0.39, 0.29) is 47.3 Å². The number of allylic oxidation sites excluding steroid dienone is 2. The summed E-state index contributed by atoms with van der Waals surface area (Å²) < 4.78 is 52.0. The summed E-state index contributed by atoms with van der Waals surface area (Å²) in [5.41, 5.74) is 1.28. The van der Waals surface area contributed by atoms with Crippen LogP contribution in [0, 0.1) is 39.7 Å². The number of ether oxygens (including phenoxy) is 2. The molecule has 1 aliphatic carbocycles. The average molecular weight is 605 g/mol. The molecule has 1 N–H and O–H groups in total. The Morgan fingerprint density at radius 2 is 1.86 bits per heavy atom. The molecule has 2 unspecified atom stereocenters. The summed E-state index contributed by atoms with van der Waals surface area (Å²) in [6.07, 6.45) is -3.65. The Labute approximate surface area is 250 Å². The first-order chi connectivity index (χ1) is 20.9. The van der Waals surface area contributed by atoms with Gasteiger partial charge < -0.3 is 14.4 Å². The van der Waals surface area contributed by atoms with Crippen LogP contribution in [-0.4, -0.2) is 23.7 Å². The summed E-state index contributed by atoms with van der Waals surface area (Å²) in [6.45, 7) is 1.58. The normalized spacial score (nSPS) is 18.5. The van der Waals surface area contributed by atoms with Crippen LogP contribution in [-0.2, 0) is 17.6 Å². The van der Waals surface area contributed by atoms with Crippen molar-refractivity contribution in [3.8, 4) is 17.6 Å². The highest BCUT2D eigenvalue weighted by Gasteiger charge is 2.45. The monoisotopic (exact) mass is 604 g/mol. The van der Waals surface area contributed by atoms with Gasteiger partial charge in [-0.25, -0.2) is 0 Å². The number of Topliss-reactive ketones (excluding diaryl/α,β-unsaturated/α-hetero) is 1. The fraction of sp³-hybridized carbons (Fsp3) is 0.281. The van der Waals surface area contributed by atoms with Gasteiger partial charge in [-0.05, 0) is 67.3 Å². The minimum atomic E-state index is -4.62. The molecule has 1 heterocycles. The van der Waals surface area contributed by atoms with Crippen LogP contribution in [0.4, 0.5) is 24.5 Å². The number of methoxy groups -OCH3 is 1. The number of nitriles is 1. The Morgan fingerprint density at radius 3 is 2.55 bits per heavy atom. The predicted molar refractivity (Wildman–Crippen MR) is 155 cm³/mol. The smallest absolute Gasteiger partial charge is 0.416 e. The molecule has 0 saturated carbocycles. The van der Waals surface area contributed by atoms with E-state index >= 15 is 0 Å². The predicted octanol–water partition coefficient (Wildman–Crippen LogP) is 7.24. The van der Waals surface area contributed by atoms with Crippen molar-refractivity contribution in [1.82, 2.24) is 0 Å². The van der Waals surface area contributed by atoms with E-state index in [1.807, 2.05) is 0 Å². The first kappa shape index (κ1) is 30.3. The third kappa shape index (κ3) is 5.60. The molecular formula is C32H27F3N4O5. The number of anilines is 1. The zero-order valence-corrected chi connectivity index (χ0v) is 23.8. The van der Waals surface area contributed by atoms with Crippen LogP contribution in [0.1, 0.15) is 47.4 Å². The van der Waals surface area contributed by atoms with Gasteiger partial charge in [-0.1, -0.05) is 18.2 Å². The molecule has 3 aromatic carbocycles. The Hall–Kier alpha value is -5.18. The van der Waals surface area contributed by atoms with Gasteiger partial charge in [-0.2, -0.15) is 18.4 Å². The number of aryl methyl sites for hydroxylation is 1. The molecule has 0 radical (unpaired) electrons. The summed E-state index contributed by atoms with van der Waals surface area (Å²) in [4.78, 5) is 25.8. The average Bonchev–Trinajstić information content (AvgIpc) is 2.99. The van der Waals surface area contributed by atoms with E-state index in [0.29, 0.717) is 41.0 Å². The largest absolute Gasteiger partial charge is 0.496 e. The molecule has 226 valence electrons. The van der Waals surface area contributed by atoms with Crippen molar-refractivity contribution in [2.45, 2.75) is 44.9 Å². The van der Waals surface area contributed by atoms with E-state index in [1.54, 1.807) is 31.2 Å². The Bertz CT molecular complexity index is 1740. The molecule has 0 amide bonds. The maximum atomic E-state index is 13.6. The molecule has 0 bridgehead atoms. The zero-order valence-electron chi connectivity index (χ0n) is 23.8. The Balaban J connectivity index is 1.59. The lowest BCUT2D eigenvalue weighted by Gasteiger charge is -2.42. The fourth-order valence-electron chi connectivity index (χ4n) is 5.80. The second-order valence-electron chi connectivity index (χ2n) is 10.6. The number of nitrogens with zero attached hydrogens (tertiary/aromatic N) is 3. The second kappa shape index (κ2) is 11.8. The number of halogens is 3. The standard InChI is InChI=1S/C32H27F3N4O5/c1-18-9-11-28(25(13-18)39(41)42)44-17-20-14-19(10-12-27(20)43-2)29-23(16-36)31(37)38(24-7-4-8-26(40)30(24)29)22-6-3-5-21(15-22)32(33,34)35/h3,5-6,9-15,23,29,37H,4,7-8,17H2,1-2H3. The van der Waals surface area contributed by atoms with Gasteiger partial charge in [0.2, 0.25) is 0 Å². The highest BCUT2D eigenvalue weighted by Crippen LogP contribution is 2.47. The lowest BCUT2D eigenvalue weighted by molar-refractivity contribution is -0.386. The molecule has 3 aromatic rings. The molecule has 0 aromatic heterocycles. The van der Waals surface area contributed by atoms with Crippen molar-refractivity contribution in [3.05, 3.63) is 104 Å². The van der Waals surface area contributed by atoms with Crippen LogP contribution < -0.4 is 14.4 Å². The number of alkyl halides is 3. The molecule has 2 atom stereocenters. The van der Waals surface area contributed by atoms with E-state index in [1.165, 1.54) is 36.3 Å². The molecule has 5 rings (SSSR count). The van der Waals surface area contributed by atoms with E-state index in [2.05, 4.69) is 6.07 Å². The van der Waals surface area contributed by atoms with Crippen LogP contribution in [0.3, 0.4) is 0 Å². The van der Waals surface area contributed by atoms with Crippen LogP contribution in [0.15, 0.2) is 71.9 Å². The van der Waals surface area contributed by atoms with Crippen molar-refractivity contribution in [2.75, 3.05) is 12.0 Å². The minimum Gasteiger partial charge on any atom is -0.496 e. The Morgan fingerprint density at radius 1 is 1.11 bits per heavy atom. The third-order valence-corrected chi connectivity index (χ3v) is 7.81. The van der Waals surface area contributed by atoms with Gasteiger partial charge in [0.1, 0.15) is 24.1 Å². The summed E-state index contributed by atoms with van der Waals surface area (Å²) >= 11 is 0. The number of carbonyl (C=O) groups excluding carboxylic acids is 1. The summed E-state index contributed by atoms with van der Waals surface area (Å²) in [7, 11) is 1.44. The first-order valence-corrected chi connectivity index (χ1v) is 13.7. The number of amidine groups is 1. The molecule has 2 aliphatic rings. The van der Waals surface area contributed by atoms with Crippen molar-refractivity contribution >= 4 is 23.0 Å².